The van der Waals surface area contributed by atoms with E-state index in [1.165, 1.54) is 29.5 Å². The second kappa shape index (κ2) is 6.25. The largest absolute Gasteiger partial charge is 0.387 e. The van der Waals surface area contributed by atoms with Crippen molar-refractivity contribution < 1.29 is 9.72 Å². The van der Waals surface area contributed by atoms with E-state index in [9.17, 15) is 14.9 Å². The summed E-state index contributed by atoms with van der Waals surface area (Å²) in [5.41, 5.74) is 1.50. The molecule has 0 fully saturated rings. The summed E-state index contributed by atoms with van der Waals surface area (Å²) in [5, 5.41) is 13.8. The maximum atomic E-state index is 12.6. The van der Waals surface area contributed by atoms with E-state index >= 15 is 0 Å². The molecule has 8 heteroatoms. The fourth-order valence-corrected chi connectivity index (χ4v) is 3.39. The van der Waals surface area contributed by atoms with Gasteiger partial charge in [-0.05, 0) is 18.2 Å². The maximum Gasteiger partial charge on any atom is 0.282 e. The van der Waals surface area contributed by atoms with Gasteiger partial charge in [0.1, 0.15) is 0 Å². The molecule has 0 saturated heterocycles. The molecule has 0 bridgehead atoms. The molecular formula is C16H14N4O3S. The van der Waals surface area contributed by atoms with Gasteiger partial charge in [0.05, 0.1) is 20.7 Å². The summed E-state index contributed by atoms with van der Waals surface area (Å²) < 4.78 is 2.84. The lowest BCUT2D eigenvalue weighted by Crippen LogP contribution is -2.14. The SMILES string of the molecule is CNc1ccc([N+](=O)[O-])cc1C(=O)N=c1sc2ccccc2n1C. The van der Waals surface area contributed by atoms with Gasteiger partial charge in [0.15, 0.2) is 4.80 Å². The lowest BCUT2D eigenvalue weighted by molar-refractivity contribution is -0.384. The summed E-state index contributed by atoms with van der Waals surface area (Å²) in [4.78, 5) is 27.7. The molecule has 1 N–H and O–H groups in total. The van der Waals surface area contributed by atoms with E-state index in [2.05, 4.69) is 10.3 Å². The Balaban J connectivity index is 2.13. The molecule has 1 amide bonds. The predicted octanol–water partition coefficient (Wildman–Crippen LogP) is 2.93. The van der Waals surface area contributed by atoms with Crippen molar-refractivity contribution in [3.05, 3.63) is 62.9 Å². The summed E-state index contributed by atoms with van der Waals surface area (Å²) in [7, 11) is 3.48. The van der Waals surface area contributed by atoms with Crippen molar-refractivity contribution in [3.8, 4) is 0 Å². The zero-order valence-electron chi connectivity index (χ0n) is 13.0. The maximum absolute atomic E-state index is 12.6. The number of anilines is 1. The quantitative estimate of drug-likeness (QED) is 0.585. The van der Waals surface area contributed by atoms with Crippen molar-refractivity contribution >= 4 is 38.8 Å². The second-order valence-electron chi connectivity index (χ2n) is 5.07. The Labute approximate surface area is 141 Å². The van der Waals surface area contributed by atoms with Gasteiger partial charge in [-0.15, -0.1) is 0 Å². The van der Waals surface area contributed by atoms with Crippen LogP contribution in [0.4, 0.5) is 11.4 Å². The third-order valence-electron chi connectivity index (χ3n) is 3.63. The Hall–Kier alpha value is -3.00. The average Bonchev–Trinajstić information content (AvgIpc) is 2.90. The summed E-state index contributed by atoms with van der Waals surface area (Å²) in [6.07, 6.45) is 0. The molecule has 0 aliphatic rings. The first-order chi connectivity index (χ1) is 11.5. The van der Waals surface area contributed by atoms with Crippen LogP contribution in [0.25, 0.3) is 10.2 Å². The van der Waals surface area contributed by atoms with E-state index in [1.54, 1.807) is 7.05 Å². The number of benzene rings is 2. The van der Waals surface area contributed by atoms with Crippen LogP contribution in [0.1, 0.15) is 10.4 Å². The molecule has 0 spiro atoms. The molecule has 0 radical (unpaired) electrons. The highest BCUT2D eigenvalue weighted by atomic mass is 32.1. The number of nitrogens with one attached hydrogen (secondary N) is 1. The van der Waals surface area contributed by atoms with E-state index in [1.807, 2.05) is 35.9 Å². The molecule has 122 valence electrons. The van der Waals surface area contributed by atoms with Crippen LogP contribution in [0, 0.1) is 10.1 Å². The molecule has 0 saturated carbocycles. The Kier molecular flexibility index (Phi) is 4.13. The minimum Gasteiger partial charge on any atom is -0.387 e. The number of nitro groups is 1. The molecule has 0 atom stereocenters. The van der Waals surface area contributed by atoms with Gasteiger partial charge in [0, 0.05) is 31.9 Å². The molecule has 1 aromatic heterocycles. The lowest BCUT2D eigenvalue weighted by Gasteiger charge is -2.05. The first kappa shape index (κ1) is 15.9. The van der Waals surface area contributed by atoms with E-state index < -0.39 is 10.8 Å². The molecule has 7 nitrogen and oxygen atoms in total. The number of carbonyl (C=O) groups excluding carboxylic acids is 1. The number of carbonyl (C=O) groups is 1. The third-order valence-corrected chi connectivity index (χ3v) is 4.74. The van der Waals surface area contributed by atoms with Gasteiger partial charge >= 0.3 is 0 Å². The van der Waals surface area contributed by atoms with Gasteiger partial charge in [-0.3, -0.25) is 14.9 Å². The normalized spacial score (nSPS) is 11.7. The first-order valence-electron chi connectivity index (χ1n) is 7.11. The summed E-state index contributed by atoms with van der Waals surface area (Å²) in [5.74, 6) is -0.523. The molecular weight excluding hydrogens is 328 g/mol. The second-order valence-corrected chi connectivity index (χ2v) is 6.07. The van der Waals surface area contributed by atoms with Crippen molar-refractivity contribution in [2.75, 3.05) is 12.4 Å². The molecule has 1 heterocycles. The number of aryl methyl sites for hydroxylation is 1. The minimum atomic E-state index is -0.532. The molecule has 0 aliphatic carbocycles. The van der Waals surface area contributed by atoms with E-state index in [0.717, 1.165) is 10.2 Å². The Morgan fingerprint density at radius 3 is 2.71 bits per heavy atom. The predicted molar refractivity (Wildman–Crippen MR) is 93.3 cm³/mol. The Morgan fingerprint density at radius 2 is 2.04 bits per heavy atom. The number of aromatic nitrogens is 1. The number of nitrogens with zero attached hydrogens (tertiary/aromatic N) is 3. The van der Waals surface area contributed by atoms with Crippen LogP contribution in [0.2, 0.25) is 0 Å². The monoisotopic (exact) mass is 342 g/mol. The van der Waals surface area contributed by atoms with Gasteiger partial charge in [0.25, 0.3) is 11.6 Å². The third kappa shape index (κ3) is 2.79. The Morgan fingerprint density at radius 1 is 1.29 bits per heavy atom. The number of hydrogen-bond acceptors (Lipinski definition) is 5. The highest BCUT2D eigenvalue weighted by Crippen LogP contribution is 2.23. The highest BCUT2D eigenvalue weighted by Gasteiger charge is 2.16. The number of rotatable bonds is 3. The van der Waals surface area contributed by atoms with Gasteiger partial charge < -0.3 is 9.88 Å². The average molecular weight is 342 g/mol. The zero-order chi connectivity index (χ0) is 17.3. The molecule has 2 aromatic carbocycles. The van der Waals surface area contributed by atoms with Gasteiger partial charge in [-0.2, -0.15) is 4.99 Å². The van der Waals surface area contributed by atoms with Crippen LogP contribution in [0.3, 0.4) is 0 Å². The van der Waals surface area contributed by atoms with E-state index in [0.29, 0.717) is 10.5 Å². The van der Waals surface area contributed by atoms with E-state index in [-0.39, 0.29) is 11.3 Å². The standard InChI is InChI=1S/C16H14N4O3S/c1-17-12-8-7-10(20(22)23)9-11(12)15(21)18-16-19(2)13-5-3-4-6-14(13)24-16/h3-9,17H,1-2H3. The van der Waals surface area contributed by atoms with Crippen LogP contribution in [0.5, 0.6) is 0 Å². The lowest BCUT2D eigenvalue weighted by atomic mass is 10.1. The first-order valence-corrected chi connectivity index (χ1v) is 7.92. The van der Waals surface area contributed by atoms with Crippen LogP contribution in [-0.2, 0) is 7.05 Å². The van der Waals surface area contributed by atoms with Crippen molar-refractivity contribution in [2.45, 2.75) is 0 Å². The van der Waals surface area contributed by atoms with Gasteiger partial charge in [-0.1, -0.05) is 23.5 Å². The fourth-order valence-electron chi connectivity index (χ4n) is 2.38. The molecule has 3 rings (SSSR count). The van der Waals surface area contributed by atoms with Crippen molar-refractivity contribution in [1.82, 2.24) is 4.57 Å². The molecule has 0 unspecified atom stereocenters. The summed E-state index contributed by atoms with van der Waals surface area (Å²) >= 11 is 1.39. The summed E-state index contributed by atoms with van der Waals surface area (Å²) in [6.45, 7) is 0. The van der Waals surface area contributed by atoms with Gasteiger partial charge in [0.2, 0.25) is 0 Å². The van der Waals surface area contributed by atoms with Crippen LogP contribution >= 0.6 is 11.3 Å². The van der Waals surface area contributed by atoms with Crippen molar-refractivity contribution in [1.29, 1.82) is 0 Å². The number of amides is 1. The topological polar surface area (TPSA) is 89.5 Å². The van der Waals surface area contributed by atoms with Crippen molar-refractivity contribution in [2.24, 2.45) is 12.0 Å². The molecule has 3 aromatic rings. The number of hydrogen-bond donors (Lipinski definition) is 1. The molecule has 0 aliphatic heterocycles. The smallest absolute Gasteiger partial charge is 0.282 e. The Bertz CT molecular complexity index is 1020. The summed E-state index contributed by atoms with van der Waals surface area (Å²) in [6, 6.07) is 11.8. The van der Waals surface area contributed by atoms with Crippen molar-refractivity contribution in [3.63, 3.8) is 0 Å². The zero-order valence-corrected chi connectivity index (χ0v) is 13.8. The van der Waals surface area contributed by atoms with E-state index in [4.69, 9.17) is 0 Å². The molecule has 24 heavy (non-hydrogen) atoms. The number of thiazole rings is 1. The highest BCUT2D eigenvalue weighted by molar-refractivity contribution is 7.16. The van der Waals surface area contributed by atoms with Gasteiger partial charge in [-0.25, -0.2) is 0 Å². The van der Waals surface area contributed by atoms with Crippen LogP contribution in [0.15, 0.2) is 47.5 Å². The minimum absolute atomic E-state index is 0.145. The number of non-ortho nitro benzene ring substituents is 1. The fraction of sp³-hybridized carbons (Fsp3) is 0.125. The van der Waals surface area contributed by atoms with Crippen LogP contribution < -0.4 is 10.1 Å². The number of para-hydroxylation sites is 1. The number of nitro benzene ring substituents is 1. The number of fused-ring (bicyclic) bond motifs is 1. The van der Waals surface area contributed by atoms with Crippen LogP contribution in [-0.4, -0.2) is 22.4 Å².